The average Bonchev–Trinajstić information content (AvgIpc) is 2.37. The third-order valence-corrected chi connectivity index (χ3v) is 4.34. The van der Waals surface area contributed by atoms with Crippen molar-refractivity contribution >= 4 is 21.6 Å². The molecule has 20 heavy (non-hydrogen) atoms. The summed E-state index contributed by atoms with van der Waals surface area (Å²) in [7, 11) is 0. The van der Waals surface area contributed by atoms with Gasteiger partial charge in [0.25, 0.3) is 0 Å². The number of halogens is 4. The molecule has 1 aliphatic rings. The topological polar surface area (TPSA) is 24.1 Å². The standard InChI is InChI=1S/C14H18BrF3N2/c1-13(5-2-6-19-8-13)9-20-12-4-3-10(7-11(12)15)14(16,17)18/h3-4,7,19-20H,2,5-6,8-9H2,1H3. The van der Waals surface area contributed by atoms with Gasteiger partial charge in [0, 0.05) is 23.2 Å². The summed E-state index contributed by atoms with van der Waals surface area (Å²) in [6, 6.07) is 3.70. The van der Waals surface area contributed by atoms with E-state index in [9.17, 15) is 13.2 Å². The Kier molecular flexibility index (Phi) is 4.64. The zero-order valence-corrected chi connectivity index (χ0v) is 12.9. The monoisotopic (exact) mass is 350 g/mol. The molecule has 0 saturated carbocycles. The number of hydrogen-bond acceptors (Lipinski definition) is 2. The SMILES string of the molecule is CC1(CNc2ccc(C(F)(F)F)cc2Br)CCCNC1. The zero-order valence-electron chi connectivity index (χ0n) is 11.3. The van der Waals surface area contributed by atoms with Crippen molar-refractivity contribution in [1.29, 1.82) is 0 Å². The average molecular weight is 351 g/mol. The van der Waals surface area contributed by atoms with E-state index in [2.05, 4.69) is 33.5 Å². The van der Waals surface area contributed by atoms with Crippen LogP contribution in [0.5, 0.6) is 0 Å². The number of rotatable bonds is 3. The van der Waals surface area contributed by atoms with Crippen LogP contribution in [0.15, 0.2) is 22.7 Å². The van der Waals surface area contributed by atoms with E-state index in [0.717, 1.165) is 44.6 Å². The maximum absolute atomic E-state index is 12.6. The summed E-state index contributed by atoms with van der Waals surface area (Å²) in [5, 5.41) is 6.60. The molecule has 0 amide bonds. The second-order valence-electron chi connectivity index (χ2n) is 5.64. The predicted octanol–water partition coefficient (Wildman–Crippen LogP) is 4.27. The van der Waals surface area contributed by atoms with Gasteiger partial charge in [-0.1, -0.05) is 6.92 Å². The summed E-state index contributed by atoms with van der Waals surface area (Å²) in [5.41, 5.74) is 0.200. The smallest absolute Gasteiger partial charge is 0.384 e. The Bertz CT molecular complexity index is 468. The minimum atomic E-state index is -4.31. The molecule has 0 bridgehead atoms. The van der Waals surface area contributed by atoms with Crippen molar-refractivity contribution < 1.29 is 13.2 Å². The normalized spacial score (nSPS) is 23.6. The number of alkyl halides is 3. The number of nitrogens with one attached hydrogen (secondary N) is 2. The summed E-state index contributed by atoms with van der Waals surface area (Å²) in [6.07, 6.45) is -2.06. The van der Waals surface area contributed by atoms with Crippen LogP contribution in [0.3, 0.4) is 0 Å². The molecule has 2 rings (SSSR count). The van der Waals surface area contributed by atoms with E-state index in [0.29, 0.717) is 10.2 Å². The van der Waals surface area contributed by atoms with Gasteiger partial charge < -0.3 is 10.6 Å². The number of anilines is 1. The van der Waals surface area contributed by atoms with Gasteiger partial charge in [-0.3, -0.25) is 0 Å². The minimum absolute atomic E-state index is 0.139. The quantitative estimate of drug-likeness (QED) is 0.850. The van der Waals surface area contributed by atoms with Gasteiger partial charge in [-0.05, 0) is 58.9 Å². The number of hydrogen-bond donors (Lipinski definition) is 2. The molecule has 2 N–H and O–H groups in total. The van der Waals surface area contributed by atoms with Gasteiger partial charge in [0.15, 0.2) is 0 Å². The van der Waals surface area contributed by atoms with E-state index in [-0.39, 0.29) is 5.41 Å². The van der Waals surface area contributed by atoms with Gasteiger partial charge in [-0.2, -0.15) is 13.2 Å². The highest BCUT2D eigenvalue weighted by atomic mass is 79.9. The second kappa shape index (κ2) is 5.93. The van der Waals surface area contributed by atoms with E-state index < -0.39 is 11.7 Å². The van der Waals surface area contributed by atoms with Crippen LogP contribution >= 0.6 is 15.9 Å². The molecule has 1 fully saturated rings. The lowest BCUT2D eigenvalue weighted by Crippen LogP contribution is -2.42. The van der Waals surface area contributed by atoms with Crippen molar-refractivity contribution in [2.24, 2.45) is 5.41 Å². The molecule has 2 nitrogen and oxygen atoms in total. The highest BCUT2D eigenvalue weighted by molar-refractivity contribution is 9.10. The van der Waals surface area contributed by atoms with E-state index in [1.54, 1.807) is 0 Å². The molecule has 1 saturated heterocycles. The first-order chi connectivity index (χ1) is 9.30. The third kappa shape index (κ3) is 3.88. The van der Waals surface area contributed by atoms with Crippen LogP contribution in [0.25, 0.3) is 0 Å². The van der Waals surface area contributed by atoms with Gasteiger partial charge in [0.05, 0.1) is 5.56 Å². The molecule has 1 aliphatic heterocycles. The van der Waals surface area contributed by atoms with Crippen LogP contribution in [0.4, 0.5) is 18.9 Å². The van der Waals surface area contributed by atoms with E-state index >= 15 is 0 Å². The first-order valence-electron chi connectivity index (χ1n) is 6.62. The Morgan fingerprint density at radius 1 is 1.40 bits per heavy atom. The number of benzene rings is 1. The zero-order chi connectivity index (χ0) is 14.8. The molecule has 0 radical (unpaired) electrons. The maximum Gasteiger partial charge on any atom is 0.416 e. The maximum atomic E-state index is 12.6. The summed E-state index contributed by atoms with van der Waals surface area (Å²) in [4.78, 5) is 0. The summed E-state index contributed by atoms with van der Waals surface area (Å²) in [6.45, 7) is 4.89. The molecule has 0 spiro atoms. The van der Waals surface area contributed by atoms with Crippen molar-refractivity contribution in [2.45, 2.75) is 25.9 Å². The molecular weight excluding hydrogens is 333 g/mol. The van der Waals surface area contributed by atoms with Crippen molar-refractivity contribution in [1.82, 2.24) is 5.32 Å². The Morgan fingerprint density at radius 2 is 2.15 bits per heavy atom. The summed E-state index contributed by atoms with van der Waals surface area (Å²) in [5.74, 6) is 0. The van der Waals surface area contributed by atoms with Crippen LogP contribution in [-0.2, 0) is 6.18 Å². The summed E-state index contributed by atoms with van der Waals surface area (Å²) >= 11 is 3.20. The van der Waals surface area contributed by atoms with E-state index in [1.807, 2.05) is 0 Å². The first kappa shape index (κ1) is 15.6. The Hall–Kier alpha value is -0.750. The van der Waals surface area contributed by atoms with Gasteiger partial charge in [0.2, 0.25) is 0 Å². The molecule has 0 aromatic heterocycles. The number of piperidine rings is 1. The Morgan fingerprint density at radius 3 is 2.70 bits per heavy atom. The highest BCUT2D eigenvalue weighted by Gasteiger charge is 2.31. The molecule has 0 aliphatic carbocycles. The molecule has 1 heterocycles. The van der Waals surface area contributed by atoms with Gasteiger partial charge in [-0.15, -0.1) is 0 Å². The van der Waals surface area contributed by atoms with E-state index in [1.165, 1.54) is 6.07 Å². The van der Waals surface area contributed by atoms with Crippen LogP contribution in [0, 0.1) is 5.41 Å². The molecule has 1 unspecified atom stereocenters. The molecule has 1 atom stereocenters. The minimum Gasteiger partial charge on any atom is -0.384 e. The Balaban J connectivity index is 2.03. The Labute approximate surface area is 125 Å². The molecule has 1 aromatic rings. The fraction of sp³-hybridized carbons (Fsp3) is 0.571. The van der Waals surface area contributed by atoms with Gasteiger partial charge in [0.1, 0.15) is 0 Å². The van der Waals surface area contributed by atoms with E-state index in [4.69, 9.17) is 0 Å². The first-order valence-corrected chi connectivity index (χ1v) is 7.41. The molecular formula is C14H18BrF3N2. The van der Waals surface area contributed by atoms with Crippen LogP contribution in [-0.4, -0.2) is 19.6 Å². The third-order valence-electron chi connectivity index (χ3n) is 3.69. The van der Waals surface area contributed by atoms with Crippen molar-refractivity contribution in [3.63, 3.8) is 0 Å². The largest absolute Gasteiger partial charge is 0.416 e. The van der Waals surface area contributed by atoms with Crippen molar-refractivity contribution in [3.8, 4) is 0 Å². The molecule has 112 valence electrons. The predicted molar refractivity (Wildman–Crippen MR) is 77.8 cm³/mol. The molecule has 6 heteroatoms. The van der Waals surface area contributed by atoms with Crippen LogP contribution in [0.1, 0.15) is 25.3 Å². The van der Waals surface area contributed by atoms with Gasteiger partial charge >= 0.3 is 6.18 Å². The second-order valence-corrected chi connectivity index (χ2v) is 6.49. The lowest BCUT2D eigenvalue weighted by Gasteiger charge is -2.34. The van der Waals surface area contributed by atoms with Gasteiger partial charge in [-0.25, -0.2) is 0 Å². The van der Waals surface area contributed by atoms with Crippen molar-refractivity contribution in [3.05, 3.63) is 28.2 Å². The molecule has 1 aromatic carbocycles. The lowest BCUT2D eigenvalue weighted by molar-refractivity contribution is -0.137. The summed E-state index contributed by atoms with van der Waals surface area (Å²) < 4.78 is 38.2. The highest BCUT2D eigenvalue weighted by Crippen LogP contribution is 2.34. The van der Waals surface area contributed by atoms with Crippen molar-refractivity contribution in [2.75, 3.05) is 25.0 Å². The fourth-order valence-electron chi connectivity index (χ4n) is 2.41. The lowest BCUT2D eigenvalue weighted by atomic mass is 9.83. The van der Waals surface area contributed by atoms with Crippen LogP contribution < -0.4 is 10.6 Å². The van der Waals surface area contributed by atoms with Crippen LogP contribution in [0.2, 0.25) is 0 Å². The fourth-order valence-corrected chi connectivity index (χ4v) is 2.93.